The van der Waals surface area contributed by atoms with Crippen molar-refractivity contribution in [2.24, 2.45) is 5.41 Å². The highest BCUT2D eigenvalue weighted by atomic mass is 19.1. The second kappa shape index (κ2) is 6.98. The maximum Gasteiger partial charge on any atom is 0.123 e. The summed E-state index contributed by atoms with van der Waals surface area (Å²) >= 11 is 0. The van der Waals surface area contributed by atoms with Gasteiger partial charge in [0.2, 0.25) is 0 Å². The van der Waals surface area contributed by atoms with Crippen LogP contribution >= 0.6 is 0 Å². The molecule has 0 aliphatic heterocycles. The molecule has 0 bridgehead atoms. The normalized spacial score (nSPS) is 13.8. The number of benzene rings is 1. The van der Waals surface area contributed by atoms with E-state index in [0.29, 0.717) is 6.54 Å². The summed E-state index contributed by atoms with van der Waals surface area (Å²) in [6, 6.07) is 5.97. The summed E-state index contributed by atoms with van der Waals surface area (Å²) < 4.78 is 12.8. The van der Waals surface area contributed by atoms with Gasteiger partial charge in [0.25, 0.3) is 0 Å². The van der Waals surface area contributed by atoms with Gasteiger partial charge in [0.1, 0.15) is 5.82 Å². The molecule has 0 aliphatic rings. The van der Waals surface area contributed by atoms with Gasteiger partial charge in [-0.15, -0.1) is 0 Å². The molecule has 1 aromatic rings. The predicted molar refractivity (Wildman–Crippen MR) is 76.6 cm³/mol. The molecule has 0 spiro atoms. The molecular weight excluding hydrogens is 243 g/mol. The topological polar surface area (TPSA) is 35.5 Å². The number of nitrogens with zero attached hydrogens (tertiary/aromatic N) is 1. The number of aliphatic hydroxyl groups excluding tert-OH is 1. The predicted octanol–water partition coefficient (Wildman–Crippen LogP) is 2.04. The molecule has 0 radical (unpaired) electrons. The molecule has 0 fully saturated rings. The summed E-state index contributed by atoms with van der Waals surface area (Å²) in [4.78, 5) is 2.15. The number of nitrogens with one attached hydrogen (secondary N) is 1. The molecule has 3 nitrogen and oxygen atoms in total. The van der Waals surface area contributed by atoms with Crippen LogP contribution in [0.5, 0.6) is 0 Å². The minimum absolute atomic E-state index is 0.145. The number of hydrogen-bond acceptors (Lipinski definition) is 3. The first-order chi connectivity index (χ1) is 8.80. The number of aliphatic hydroxyl groups is 1. The van der Waals surface area contributed by atoms with Crippen molar-refractivity contribution in [1.82, 2.24) is 10.2 Å². The van der Waals surface area contributed by atoms with Gasteiger partial charge in [-0.05, 0) is 37.2 Å². The van der Waals surface area contributed by atoms with Crippen molar-refractivity contribution in [3.05, 3.63) is 35.6 Å². The van der Waals surface area contributed by atoms with Gasteiger partial charge in [-0.25, -0.2) is 4.39 Å². The Kier molecular flexibility index (Phi) is 5.91. The van der Waals surface area contributed by atoms with E-state index >= 15 is 0 Å². The van der Waals surface area contributed by atoms with Gasteiger partial charge in [-0.1, -0.05) is 26.0 Å². The molecule has 1 unspecified atom stereocenters. The van der Waals surface area contributed by atoms with E-state index in [-0.39, 0.29) is 11.2 Å². The Morgan fingerprint density at radius 3 is 2.37 bits per heavy atom. The minimum Gasteiger partial charge on any atom is -0.387 e. The van der Waals surface area contributed by atoms with Crippen LogP contribution in [0.15, 0.2) is 24.3 Å². The lowest BCUT2D eigenvalue weighted by molar-refractivity contribution is 0.162. The van der Waals surface area contributed by atoms with Crippen LogP contribution in [0, 0.1) is 11.2 Å². The zero-order valence-electron chi connectivity index (χ0n) is 12.3. The Labute approximate surface area is 115 Å². The summed E-state index contributed by atoms with van der Waals surface area (Å²) in [6.45, 7) is 6.65. The molecule has 1 aromatic carbocycles. The summed E-state index contributed by atoms with van der Waals surface area (Å²) in [7, 11) is 4.10. The Morgan fingerprint density at radius 1 is 1.26 bits per heavy atom. The largest absolute Gasteiger partial charge is 0.387 e. The zero-order chi connectivity index (χ0) is 14.5. The molecule has 1 rings (SSSR count). The van der Waals surface area contributed by atoms with Gasteiger partial charge in [0.15, 0.2) is 0 Å². The van der Waals surface area contributed by atoms with E-state index in [2.05, 4.69) is 38.2 Å². The van der Waals surface area contributed by atoms with Crippen molar-refractivity contribution in [1.29, 1.82) is 0 Å². The molecule has 0 aromatic heterocycles. The SMILES string of the molecule is CN(C)CC(C)(C)CNCC(O)c1ccc(F)cc1. The van der Waals surface area contributed by atoms with Gasteiger partial charge in [-0.3, -0.25) is 0 Å². The molecule has 0 heterocycles. The molecule has 108 valence electrons. The van der Waals surface area contributed by atoms with Crippen LogP contribution in [0.4, 0.5) is 4.39 Å². The monoisotopic (exact) mass is 268 g/mol. The first kappa shape index (κ1) is 16.1. The first-order valence-corrected chi connectivity index (χ1v) is 6.59. The highest BCUT2D eigenvalue weighted by Crippen LogP contribution is 2.16. The van der Waals surface area contributed by atoms with Crippen LogP contribution in [-0.2, 0) is 0 Å². The molecule has 0 amide bonds. The summed E-state index contributed by atoms with van der Waals surface area (Å²) in [6.07, 6.45) is -0.601. The van der Waals surface area contributed by atoms with E-state index in [1.165, 1.54) is 12.1 Å². The summed E-state index contributed by atoms with van der Waals surface area (Å²) in [5.41, 5.74) is 0.880. The Hall–Kier alpha value is -0.970. The van der Waals surface area contributed by atoms with E-state index in [1.54, 1.807) is 12.1 Å². The molecule has 0 aliphatic carbocycles. The Bertz CT molecular complexity index is 376. The average Bonchev–Trinajstić information content (AvgIpc) is 2.27. The standard InChI is InChI=1S/C15H25FN2O/c1-15(2,11-18(3)4)10-17-9-14(19)12-5-7-13(16)8-6-12/h5-8,14,17,19H,9-11H2,1-4H3. The van der Waals surface area contributed by atoms with E-state index in [1.807, 2.05) is 0 Å². The van der Waals surface area contributed by atoms with E-state index in [4.69, 9.17) is 0 Å². The summed E-state index contributed by atoms with van der Waals surface area (Å²) in [5, 5.41) is 13.3. The fourth-order valence-electron chi connectivity index (χ4n) is 2.26. The van der Waals surface area contributed by atoms with Crippen LogP contribution in [0.3, 0.4) is 0 Å². The molecule has 0 saturated carbocycles. The van der Waals surface area contributed by atoms with Gasteiger partial charge < -0.3 is 15.3 Å². The second-order valence-electron chi connectivity index (χ2n) is 6.10. The third-order valence-corrected chi connectivity index (χ3v) is 2.94. The average molecular weight is 268 g/mol. The third-order valence-electron chi connectivity index (χ3n) is 2.94. The molecule has 19 heavy (non-hydrogen) atoms. The first-order valence-electron chi connectivity index (χ1n) is 6.59. The van der Waals surface area contributed by atoms with Crippen molar-refractivity contribution in [3.63, 3.8) is 0 Å². The quantitative estimate of drug-likeness (QED) is 0.794. The van der Waals surface area contributed by atoms with Crippen LogP contribution in [0.25, 0.3) is 0 Å². The van der Waals surface area contributed by atoms with Crippen LogP contribution in [-0.4, -0.2) is 43.7 Å². The van der Waals surface area contributed by atoms with Crippen LogP contribution in [0.2, 0.25) is 0 Å². The van der Waals surface area contributed by atoms with E-state index in [0.717, 1.165) is 18.7 Å². The lowest BCUT2D eigenvalue weighted by atomic mass is 9.93. The third kappa shape index (κ3) is 6.14. The lowest BCUT2D eigenvalue weighted by Gasteiger charge is -2.29. The van der Waals surface area contributed by atoms with Gasteiger partial charge in [0, 0.05) is 19.6 Å². The van der Waals surface area contributed by atoms with Crippen LogP contribution < -0.4 is 5.32 Å². The van der Waals surface area contributed by atoms with E-state index in [9.17, 15) is 9.50 Å². The number of hydrogen-bond donors (Lipinski definition) is 2. The van der Waals surface area contributed by atoms with Crippen molar-refractivity contribution in [2.45, 2.75) is 20.0 Å². The second-order valence-corrected chi connectivity index (χ2v) is 6.10. The molecular formula is C15H25FN2O. The minimum atomic E-state index is -0.601. The van der Waals surface area contributed by atoms with Crippen LogP contribution in [0.1, 0.15) is 25.5 Å². The maximum absolute atomic E-state index is 12.8. The lowest BCUT2D eigenvalue weighted by Crippen LogP contribution is -2.38. The molecule has 4 heteroatoms. The highest BCUT2D eigenvalue weighted by Gasteiger charge is 2.19. The molecule has 2 N–H and O–H groups in total. The van der Waals surface area contributed by atoms with E-state index < -0.39 is 6.10 Å². The molecule has 1 atom stereocenters. The fraction of sp³-hybridized carbons (Fsp3) is 0.600. The van der Waals surface area contributed by atoms with Crippen molar-refractivity contribution in [2.75, 3.05) is 33.7 Å². The smallest absolute Gasteiger partial charge is 0.123 e. The highest BCUT2D eigenvalue weighted by molar-refractivity contribution is 5.18. The van der Waals surface area contributed by atoms with Crippen molar-refractivity contribution < 1.29 is 9.50 Å². The van der Waals surface area contributed by atoms with Gasteiger partial charge in [0.05, 0.1) is 6.10 Å². The molecule has 0 saturated heterocycles. The Morgan fingerprint density at radius 2 is 1.84 bits per heavy atom. The number of halogens is 1. The zero-order valence-corrected chi connectivity index (χ0v) is 12.3. The van der Waals surface area contributed by atoms with Gasteiger partial charge in [-0.2, -0.15) is 0 Å². The van der Waals surface area contributed by atoms with Crippen molar-refractivity contribution >= 4 is 0 Å². The number of rotatable bonds is 7. The van der Waals surface area contributed by atoms with Gasteiger partial charge >= 0.3 is 0 Å². The maximum atomic E-state index is 12.8. The Balaban J connectivity index is 2.38. The van der Waals surface area contributed by atoms with Crippen molar-refractivity contribution in [3.8, 4) is 0 Å². The summed E-state index contributed by atoms with van der Waals surface area (Å²) in [5.74, 6) is -0.281. The fourth-order valence-corrected chi connectivity index (χ4v) is 2.26.